The van der Waals surface area contributed by atoms with Gasteiger partial charge in [0.2, 0.25) is 5.78 Å². The molecule has 2 heterocycles. The van der Waals surface area contributed by atoms with Crippen LogP contribution >= 0.6 is 11.3 Å². The Bertz CT molecular complexity index is 901. The molecule has 0 bridgehead atoms. The van der Waals surface area contributed by atoms with E-state index < -0.39 is 11.2 Å². The van der Waals surface area contributed by atoms with Crippen molar-refractivity contribution >= 4 is 28.1 Å². The summed E-state index contributed by atoms with van der Waals surface area (Å²) in [5.41, 5.74) is -0.270. The van der Waals surface area contributed by atoms with Crippen molar-refractivity contribution < 1.29 is 13.6 Å². The van der Waals surface area contributed by atoms with Gasteiger partial charge in [-0.1, -0.05) is 0 Å². The summed E-state index contributed by atoms with van der Waals surface area (Å²) in [5, 5.41) is 9.10. The number of nitrogens with zero attached hydrogens (tertiary/aromatic N) is 2. The monoisotopic (exact) mass is 304 g/mol. The number of ketones is 1. The van der Waals surface area contributed by atoms with Gasteiger partial charge in [-0.3, -0.25) is 9.59 Å². The molecular formula is C14H9FN2O3S. The molecule has 106 valence electrons. The van der Waals surface area contributed by atoms with Crippen LogP contribution in [-0.4, -0.2) is 16.0 Å². The molecule has 0 fully saturated rings. The highest BCUT2D eigenvalue weighted by molar-refractivity contribution is 7.11. The van der Waals surface area contributed by atoms with E-state index in [1.807, 2.05) is 0 Å². The van der Waals surface area contributed by atoms with Crippen LogP contribution in [0.2, 0.25) is 0 Å². The fraction of sp³-hybridized carbons (Fsp3) is 0.143. The summed E-state index contributed by atoms with van der Waals surface area (Å²) in [5.74, 6) is -0.959. The smallest absolute Gasteiger partial charge is 0.205 e. The zero-order chi connectivity index (χ0) is 15.0. The summed E-state index contributed by atoms with van der Waals surface area (Å²) >= 11 is 1.31. The van der Waals surface area contributed by atoms with Gasteiger partial charge < -0.3 is 4.42 Å². The zero-order valence-corrected chi connectivity index (χ0v) is 11.7. The van der Waals surface area contributed by atoms with E-state index >= 15 is 0 Å². The Morgan fingerprint density at radius 1 is 1.33 bits per heavy atom. The predicted molar refractivity (Wildman–Crippen MR) is 75.1 cm³/mol. The zero-order valence-electron chi connectivity index (χ0n) is 10.9. The molecule has 7 heteroatoms. The predicted octanol–water partition coefficient (Wildman–Crippen LogP) is 2.52. The SMILES string of the molecule is Cc1nnc(CC(=O)c2cc(=O)c3cc(F)ccc3o2)s1. The fourth-order valence-corrected chi connectivity index (χ4v) is 2.61. The van der Waals surface area contributed by atoms with E-state index in [0.29, 0.717) is 5.01 Å². The van der Waals surface area contributed by atoms with Gasteiger partial charge in [0.25, 0.3) is 0 Å². The first kappa shape index (κ1) is 13.6. The van der Waals surface area contributed by atoms with Gasteiger partial charge in [0, 0.05) is 6.07 Å². The summed E-state index contributed by atoms with van der Waals surface area (Å²) in [6.07, 6.45) is 0.0150. The standard InChI is InChI=1S/C14H9FN2O3S/c1-7-16-17-14(21-7)6-11(19)13-5-10(18)9-4-8(15)2-3-12(9)20-13/h2-5H,6H2,1H3. The molecule has 0 radical (unpaired) electrons. The van der Waals surface area contributed by atoms with Crippen LogP contribution in [-0.2, 0) is 6.42 Å². The second-order valence-electron chi connectivity index (χ2n) is 4.43. The highest BCUT2D eigenvalue weighted by Crippen LogP contribution is 2.16. The lowest BCUT2D eigenvalue weighted by molar-refractivity contribution is 0.0966. The van der Waals surface area contributed by atoms with Gasteiger partial charge in [-0.2, -0.15) is 0 Å². The van der Waals surface area contributed by atoms with Crippen LogP contribution < -0.4 is 5.43 Å². The molecule has 5 nitrogen and oxygen atoms in total. The number of benzene rings is 1. The number of Topliss-reactive ketones (excluding diaryl/α,β-unsaturated/α-hetero) is 1. The maximum Gasteiger partial charge on any atom is 0.205 e. The van der Waals surface area contributed by atoms with Crippen molar-refractivity contribution in [3.63, 3.8) is 0 Å². The number of aryl methyl sites for hydroxylation is 1. The topological polar surface area (TPSA) is 73.1 Å². The van der Waals surface area contributed by atoms with Crippen LogP contribution in [0, 0.1) is 12.7 Å². The number of fused-ring (bicyclic) bond motifs is 1. The quantitative estimate of drug-likeness (QED) is 0.695. The van der Waals surface area contributed by atoms with E-state index in [1.54, 1.807) is 6.92 Å². The van der Waals surface area contributed by atoms with Crippen LogP contribution in [0.15, 0.2) is 33.5 Å². The number of carbonyl (C=O) groups excluding carboxylic acids is 1. The average molecular weight is 304 g/mol. The summed E-state index contributed by atoms with van der Waals surface area (Å²) in [6.45, 7) is 1.79. The minimum atomic E-state index is -0.529. The molecule has 1 aromatic carbocycles. The molecule has 21 heavy (non-hydrogen) atoms. The summed E-state index contributed by atoms with van der Waals surface area (Å²) in [7, 11) is 0. The molecule has 0 unspecified atom stereocenters. The Balaban J connectivity index is 1.98. The van der Waals surface area contributed by atoms with Gasteiger partial charge in [0.1, 0.15) is 21.4 Å². The van der Waals surface area contributed by atoms with E-state index in [4.69, 9.17) is 4.42 Å². The molecule has 0 saturated heterocycles. The van der Waals surface area contributed by atoms with E-state index in [2.05, 4.69) is 10.2 Å². The van der Waals surface area contributed by atoms with E-state index in [1.165, 1.54) is 23.5 Å². The minimum Gasteiger partial charge on any atom is -0.453 e. The van der Waals surface area contributed by atoms with Gasteiger partial charge in [-0.15, -0.1) is 21.5 Å². The molecule has 0 aliphatic carbocycles. The van der Waals surface area contributed by atoms with Gasteiger partial charge in [-0.25, -0.2) is 4.39 Å². The molecule has 0 amide bonds. The van der Waals surface area contributed by atoms with Crippen LogP contribution in [0.3, 0.4) is 0 Å². The Hall–Kier alpha value is -2.41. The van der Waals surface area contributed by atoms with Gasteiger partial charge in [0.05, 0.1) is 11.8 Å². The second-order valence-corrected chi connectivity index (χ2v) is 5.70. The second kappa shape index (κ2) is 5.17. The lowest BCUT2D eigenvalue weighted by Crippen LogP contribution is -2.09. The lowest BCUT2D eigenvalue weighted by atomic mass is 10.1. The summed E-state index contributed by atoms with van der Waals surface area (Å²) < 4.78 is 18.5. The number of hydrogen-bond acceptors (Lipinski definition) is 6. The molecule has 0 saturated carbocycles. The molecular weight excluding hydrogens is 295 g/mol. The first-order valence-electron chi connectivity index (χ1n) is 6.08. The van der Waals surface area contributed by atoms with Crippen LogP contribution in [0.4, 0.5) is 4.39 Å². The molecule has 0 spiro atoms. The highest BCUT2D eigenvalue weighted by Gasteiger charge is 2.15. The molecule has 0 N–H and O–H groups in total. The maximum atomic E-state index is 13.1. The maximum absolute atomic E-state index is 13.1. The Labute approximate surface area is 122 Å². The van der Waals surface area contributed by atoms with Crippen molar-refractivity contribution in [1.82, 2.24) is 10.2 Å². The Morgan fingerprint density at radius 3 is 2.86 bits per heavy atom. The normalized spacial score (nSPS) is 11.0. The van der Waals surface area contributed by atoms with Crippen molar-refractivity contribution in [3.8, 4) is 0 Å². The third-order valence-electron chi connectivity index (χ3n) is 2.84. The largest absolute Gasteiger partial charge is 0.453 e. The number of rotatable bonds is 3. The van der Waals surface area contributed by atoms with Crippen molar-refractivity contribution in [1.29, 1.82) is 0 Å². The van der Waals surface area contributed by atoms with E-state index in [0.717, 1.165) is 17.1 Å². The molecule has 0 aliphatic heterocycles. The van der Waals surface area contributed by atoms with Gasteiger partial charge in [-0.05, 0) is 25.1 Å². The molecule has 2 aromatic heterocycles. The van der Waals surface area contributed by atoms with Crippen LogP contribution in [0.25, 0.3) is 11.0 Å². The minimum absolute atomic E-state index is 0.0150. The van der Waals surface area contributed by atoms with Gasteiger partial charge in [0.15, 0.2) is 11.2 Å². The molecule has 0 atom stereocenters. The number of hydrogen-bond donors (Lipinski definition) is 0. The Kier molecular flexibility index (Phi) is 3.34. The third kappa shape index (κ3) is 2.73. The van der Waals surface area contributed by atoms with Crippen molar-refractivity contribution in [2.45, 2.75) is 13.3 Å². The number of halogens is 1. The molecule has 3 aromatic rings. The molecule has 0 aliphatic rings. The van der Waals surface area contributed by atoms with Crippen LogP contribution in [0.1, 0.15) is 20.6 Å². The van der Waals surface area contributed by atoms with Crippen molar-refractivity contribution in [2.24, 2.45) is 0 Å². The highest BCUT2D eigenvalue weighted by atomic mass is 32.1. The average Bonchev–Trinajstić information content (AvgIpc) is 2.84. The van der Waals surface area contributed by atoms with Crippen LogP contribution in [0.5, 0.6) is 0 Å². The third-order valence-corrected chi connectivity index (χ3v) is 3.68. The number of carbonyl (C=O) groups is 1. The first-order valence-corrected chi connectivity index (χ1v) is 6.90. The number of aromatic nitrogens is 2. The van der Waals surface area contributed by atoms with Gasteiger partial charge >= 0.3 is 0 Å². The first-order chi connectivity index (χ1) is 10.0. The Morgan fingerprint density at radius 2 is 2.14 bits per heavy atom. The molecule has 3 rings (SSSR count). The summed E-state index contributed by atoms with van der Waals surface area (Å²) in [4.78, 5) is 24.0. The van der Waals surface area contributed by atoms with Crippen molar-refractivity contribution in [2.75, 3.05) is 0 Å². The lowest BCUT2D eigenvalue weighted by Gasteiger charge is -2.01. The van der Waals surface area contributed by atoms with E-state index in [-0.39, 0.29) is 28.9 Å². The summed E-state index contributed by atoms with van der Waals surface area (Å²) in [6, 6.07) is 4.67. The van der Waals surface area contributed by atoms with E-state index in [9.17, 15) is 14.0 Å². The fourth-order valence-electron chi connectivity index (χ4n) is 1.90. The van der Waals surface area contributed by atoms with Crippen molar-refractivity contribution in [3.05, 3.63) is 56.1 Å².